The first kappa shape index (κ1) is 25.4. The molecule has 0 spiro atoms. The number of carbonyl (C=O) groups is 3. The third-order valence-electron chi connectivity index (χ3n) is 6.75. The number of ether oxygens (including phenoxy) is 1. The summed E-state index contributed by atoms with van der Waals surface area (Å²) in [7, 11) is 0. The molecule has 0 unspecified atom stereocenters. The number of nitrogens with zero attached hydrogens (tertiary/aromatic N) is 6. The maximum atomic E-state index is 13.5. The number of urea groups is 1. The van der Waals surface area contributed by atoms with Crippen molar-refractivity contribution in [3.63, 3.8) is 0 Å². The maximum absolute atomic E-state index is 13.5. The predicted molar refractivity (Wildman–Crippen MR) is 149 cm³/mol. The van der Waals surface area contributed by atoms with Gasteiger partial charge in [0.2, 0.25) is 17.7 Å². The molecule has 1 atom stereocenters. The SMILES string of the molecule is C=CC(=O)N1CCC[C@@H](NC(=O)c2sc3nccc4c3c2NC(=O)N4c2cnc(Oc3cccnn3)cc2C)C1. The van der Waals surface area contributed by atoms with E-state index >= 15 is 0 Å². The van der Waals surface area contributed by atoms with Gasteiger partial charge >= 0.3 is 6.03 Å². The number of piperidine rings is 1. The molecule has 40 heavy (non-hydrogen) atoms. The van der Waals surface area contributed by atoms with Crippen LogP contribution in [0.1, 0.15) is 28.1 Å². The van der Waals surface area contributed by atoms with E-state index in [1.807, 2.05) is 6.92 Å². The second-order valence-corrected chi connectivity index (χ2v) is 10.4. The molecule has 4 amide bonds. The fourth-order valence-electron chi connectivity index (χ4n) is 4.92. The molecule has 0 aliphatic carbocycles. The van der Waals surface area contributed by atoms with Crippen molar-refractivity contribution in [2.45, 2.75) is 25.8 Å². The Kier molecular flexibility index (Phi) is 6.56. The molecule has 0 saturated carbocycles. The molecule has 0 aromatic carbocycles. The van der Waals surface area contributed by atoms with Crippen LogP contribution < -0.4 is 20.3 Å². The second kappa shape index (κ2) is 10.3. The zero-order valence-electron chi connectivity index (χ0n) is 21.5. The van der Waals surface area contributed by atoms with Crippen molar-refractivity contribution in [3.8, 4) is 11.8 Å². The van der Waals surface area contributed by atoms with Crippen LogP contribution in [0.15, 0.2) is 55.5 Å². The highest BCUT2D eigenvalue weighted by atomic mass is 32.1. The van der Waals surface area contributed by atoms with Crippen molar-refractivity contribution in [3.05, 3.63) is 66.0 Å². The van der Waals surface area contributed by atoms with Crippen LogP contribution in [-0.4, -0.2) is 62.0 Å². The fourth-order valence-corrected chi connectivity index (χ4v) is 5.94. The minimum Gasteiger partial charge on any atom is -0.419 e. The normalized spacial score (nSPS) is 16.4. The van der Waals surface area contributed by atoms with Gasteiger partial charge < -0.3 is 20.3 Å². The Morgan fingerprint density at radius 2 is 2.10 bits per heavy atom. The first-order chi connectivity index (χ1) is 19.4. The Balaban J connectivity index is 1.29. The molecule has 202 valence electrons. The molecule has 13 heteroatoms. The zero-order chi connectivity index (χ0) is 27.8. The fraction of sp³-hybridized carbons (Fsp3) is 0.222. The van der Waals surface area contributed by atoms with E-state index < -0.39 is 6.03 Å². The molecule has 6 rings (SSSR count). The smallest absolute Gasteiger partial charge is 0.331 e. The lowest BCUT2D eigenvalue weighted by Gasteiger charge is -2.32. The van der Waals surface area contributed by atoms with Gasteiger partial charge in [0.05, 0.1) is 28.6 Å². The monoisotopic (exact) mass is 556 g/mol. The summed E-state index contributed by atoms with van der Waals surface area (Å²) in [5.74, 6) is 0.134. The van der Waals surface area contributed by atoms with E-state index in [0.29, 0.717) is 57.0 Å². The number of hydrogen-bond donors (Lipinski definition) is 2. The molecule has 12 nitrogen and oxygen atoms in total. The standard InChI is InChI=1S/C27H24N8O4S/c1-3-21(36)34-11-5-6-16(14-34)31-25(37)24-23-22-17(8-10-28-26(22)40-24)35(27(38)32-23)18-13-29-20(12-15(18)2)39-19-7-4-9-30-33-19/h3-4,7-10,12-13,16H,1,5-6,11,14H2,2H3,(H,31,37)(H,32,38)/t16-/m1/s1. The van der Waals surface area contributed by atoms with Crippen molar-refractivity contribution in [1.82, 2.24) is 30.4 Å². The minimum atomic E-state index is -0.430. The van der Waals surface area contributed by atoms with Crippen LogP contribution in [0.5, 0.6) is 11.8 Å². The Morgan fingerprint density at radius 3 is 2.88 bits per heavy atom. The third-order valence-corrected chi connectivity index (χ3v) is 7.85. The van der Waals surface area contributed by atoms with Crippen LogP contribution in [0.2, 0.25) is 0 Å². The van der Waals surface area contributed by atoms with E-state index in [9.17, 15) is 14.4 Å². The number of rotatable bonds is 6. The van der Waals surface area contributed by atoms with Crippen molar-refractivity contribution < 1.29 is 19.1 Å². The van der Waals surface area contributed by atoms with Crippen LogP contribution in [-0.2, 0) is 4.79 Å². The van der Waals surface area contributed by atoms with Gasteiger partial charge in [-0.15, -0.1) is 16.4 Å². The number of aromatic nitrogens is 4. The second-order valence-electron chi connectivity index (χ2n) is 9.36. The number of carbonyl (C=O) groups excluding carboxylic acids is 3. The summed E-state index contributed by atoms with van der Waals surface area (Å²) in [6.07, 6.45) is 7.51. The van der Waals surface area contributed by atoms with Gasteiger partial charge in [-0.2, -0.15) is 5.10 Å². The molecular weight excluding hydrogens is 532 g/mol. The Hall–Kier alpha value is -4.91. The van der Waals surface area contributed by atoms with Gasteiger partial charge in [0, 0.05) is 43.7 Å². The van der Waals surface area contributed by atoms with E-state index in [2.05, 4.69) is 37.4 Å². The number of nitrogens with one attached hydrogen (secondary N) is 2. The van der Waals surface area contributed by atoms with Gasteiger partial charge in [-0.25, -0.2) is 14.8 Å². The molecule has 2 aliphatic heterocycles. The minimum absolute atomic E-state index is 0.157. The number of anilines is 3. The summed E-state index contributed by atoms with van der Waals surface area (Å²) in [5, 5.41) is 14.3. The maximum Gasteiger partial charge on any atom is 0.331 e. The highest BCUT2D eigenvalue weighted by Crippen LogP contribution is 2.46. The average molecular weight is 557 g/mol. The first-order valence-electron chi connectivity index (χ1n) is 12.6. The van der Waals surface area contributed by atoms with E-state index in [1.165, 1.54) is 22.3 Å². The highest BCUT2D eigenvalue weighted by molar-refractivity contribution is 7.21. The topological polar surface area (TPSA) is 143 Å². The quantitative estimate of drug-likeness (QED) is 0.337. The Labute approximate surface area is 232 Å². The van der Waals surface area contributed by atoms with Gasteiger partial charge in [-0.3, -0.25) is 14.5 Å². The molecule has 2 aliphatic rings. The van der Waals surface area contributed by atoms with Gasteiger partial charge in [0.15, 0.2) is 0 Å². The molecule has 1 fully saturated rings. The Bertz CT molecular complexity index is 1660. The molecule has 2 N–H and O–H groups in total. The molecule has 4 aromatic rings. The highest BCUT2D eigenvalue weighted by Gasteiger charge is 2.34. The number of thiophene rings is 1. The molecule has 1 saturated heterocycles. The Morgan fingerprint density at radius 1 is 1.23 bits per heavy atom. The zero-order valence-corrected chi connectivity index (χ0v) is 22.3. The lowest BCUT2D eigenvalue weighted by molar-refractivity contribution is -0.127. The third kappa shape index (κ3) is 4.60. The van der Waals surface area contributed by atoms with Gasteiger partial charge in [-0.1, -0.05) is 6.58 Å². The number of aryl methyl sites for hydroxylation is 1. The summed E-state index contributed by atoms with van der Waals surface area (Å²) in [6, 6.07) is 6.18. The lowest BCUT2D eigenvalue weighted by Crippen LogP contribution is -2.49. The number of pyridine rings is 2. The predicted octanol–water partition coefficient (Wildman–Crippen LogP) is 4.17. The van der Waals surface area contributed by atoms with E-state index in [-0.39, 0.29) is 17.9 Å². The van der Waals surface area contributed by atoms with E-state index in [1.54, 1.807) is 47.8 Å². The van der Waals surface area contributed by atoms with Crippen LogP contribution >= 0.6 is 11.3 Å². The summed E-state index contributed by atoms with van der Waals surface area (Å²) >= 11 is 1.21. The van der Waals surface area contributed by atoms with Crippen LogP contribution in [0.4, 0.5) is 21.9 Å². The summed E-state index contributed by atoms with van der Waals surface area (Å²) in [6.45, 7) is 6.43. The lowest BCUT2D eigenvalue weighted by atomic mass is 10.1. The molecule has 0 radical (unpaired) electrons. The van der Waals surface area contributed by atoms with Crippen molar-refractivity contribution in [2.75, 3.05) is 23.3 Å². The number of likely N-dealkylation sites (tertiary alicyclic amines) is 1. The first-order valence-corrected chi connectivity index (χ1v) is 13.4. The van der Waals surface area contributed by atoms with Crippen LogP contribution in [0.25, 0.3) is 10.2 Å². The van der Waals surface area contributed by atoms with Gasteiger partial charge in [0.1, 0.15) is 9.71 Å². The molecule has 0 bridgehead atoms. The summed E-state index contributed by atoms with van der Waals surface area (Å²) < 4.78 is 5.68. The molecule has 4 aromatic heterocycles. The van der Waals surface area contributed by atoms with Gasteiger partial charge in [0.25, 0.3) is 5.91 Å². The van der Waals surface area contributed by atoms with Crippen molar-refractivity contribution in [2.24, 2.45) is 0 Å². The van der Waals surface area contributed by atoms with Crippen LogP contribution in [0, 0.1) is 6.92 Å². The van der Waals surface area contributed by atoms with Crippen LogP contribution in [0.3, 0.4) is 0 Å². The largest absolute Gasteiger partial charge is 0.419 e. The number of amides is 4. The van der Waals surface area contributed by atoms with Crippen molar-refractivity contribution >= 4 is 56.5 Å². The number of hydrogen-bond acceptors (Lipinski definition) is 9. The van der Waals surface area contributed by atoms with Crippen molar-refractivity contribution in [1.29, 1.82) is 0 Å². The summed E-state index contributed by atoms with van der Waals surface area (Å²) in [5.41, 5.74) is 2.30. The summed E-state index contributed by atoms with van der Waals surface area (Å²) in [4.78, 5) is 51.9. The van der Waals surface area contributed by atoms with Gasteiger partial charge in [-0.05, 0) is 43.5 Å². The average Bonchev–Trinajstić information content (AvgIpc) is 3.33. The van der Waals surface area contributed by atoms with E-state index in [0.717, 1.165) is 18.4 Å². The molecule has 6 heterocycles. The molecular formula is C27H24N8O4S. The van der Waals surface area contributed by atoms with E-state index in [4.69, 9.17) is 4.74 Å².